The number of nitrogens with zero attached hydrogens (tertiary/aromatic N) is 2. The van der Waals surface area contributed by atoms with E-state index >= 15 is 0 Å². The first-order valence-corrected chi connectivity index (χ1v) is 9.01. The van der Waals surface area contributed by atoms with Gasteiger partial charge in [-0.15, -0.1) is 10.2 Å². The molecule has 25 heavy (non-hydrogen) atoms. The molecule has 1 atom stereocenters. The summed E-state index contributed by atoms with van der Waals surface area (Å²) in [7, 11) is 0. The van der Waals surface area contributed by atoms with Gasteiger partial charge in [-0.25, -0.2) is 0 Å². The summed E-state index contributed by atoms with van der Waals surface area (Å²) in [6.45, 7) is 1.93. The number of aromatic amines is 1. The highest BCUT2D eigenvalue weighted by atomic mass is 16.2. The number of carbonyl (C=O) groups excluding carboxylic acids is 1. The molecule has 1 saturated carbocycles. The summed E-state index contributed by atoms with van der Waals surface area (Å²) in [5.74, 6) is 0.515. The fourth-order valence-corrected chi connectivity index (χ4v) is 3.32. The quantitative estimate of drug-likeness (QED) is 0.876. The molecule has 1 fully saturated rings. The van der Waals surface area contributed by atoms with Crippen molar-refractivity contribution in [3.63, 3.8) is 0 Å². The minimum Gasteiger partial charge on any atom is -0.347 e. The summed E-state index contributed by atoms with van der Waals surface area (Å²) in [6.07, 6.45) is 5.85. The van der Waals surface area contributed by atoms with Crippen LogP contribution < -0.4 is 10.9 Å². The fraction of sp³-hybridized carbons (Fsp3) is 0.474. The minimum atomic E-state index is -0.407. The maximum absolute atomic E-state index is 12.5. The highest BCUT2D eigenvalue weighted by Gasteiger charge is 2.25. The van der Waals surface area contributed by atoms with Crippen molar-refractivity contribution in [1.29, 1.82) is 0 Å². The molecule has 2 aromatic rings. The summed E-state index contributed by atoms with van der Waals surface area (Å²) in [5, 5.41) is 11.2. The first-order valence-electron chi connectivity index (χ1n) is 9.01. The molecular weight excluding hydrogens is 316 g/mol. The van der Waals surface area contributed by atoms with Gasteiger partial charge in [-0.3, -0.25) is 9.59 Å². The van der Waals surface area contributed by atoms with Gasteiger partial charge in [0.2, 0.25) is 5.91 Å². The summed E-state index contributed by atoms with van der Waals surface area (Å²) in [4.78, 5) is 27.7. The monoisotopic (exact) mass is 340 g/mol. The van der Waals surface area contributed by atoms with Gasteiger partial charge in [0.1, 0.15) is 0 Å². The molecule has 0 saturated heterocycles. The first-order chi connectivity index (χ1) is 12.2. The third-order valence-electron chi connectivity index (χ3n) is 4.80. The van der Waals surface area contributed by atoms with Gasteiger partial charge in [0.15, 0.2) is 11.5 Å². The number of benzene rings is 1. The molecule has 1 heterocycles. The third kappa shape index (κ3) is 4.13. The predicted octanol–water partition coefficient (Wildman–Crippen LogP) is 2.98. The van der Waals surface area contributed by atoms with E-state index < -0.39 is 6.04 Å². The molecule has 2 N–H and O–H groups in total. The second-order valence-corrected chi connectivity index (χ2v) is 6.56. The standard InChI is InChI=1S/C19H24N4O2/c1-2-15(20-18(24)14-11-7-4-8-12-14)16-19(25)21-17(23-22-16)13-9-5-3-6-10-13/h3,5-6,9-10,14-15H,2,4,7-8,11-12H2,1H3,(H,20,24)(H,21,23,25). The van der Waals surface area contributed by atoms with E-state index in [2.05, 4.69) is 20.5 Å². The van der Waals surface area contributed by atoms with Gasteiger partial charge in [-0.05, 0) is 19.3 Å². The van der Waals surface area contributed by atoms with Crippen LogP contribution in [-0.4, -0.2) is 21.1 Å². The second-order valence-electron chi connectivity index (χ2n) is 6.56. The Morgan fingerprint density at radius 3 is 2.56 bits per heavy atom. The maximum Gasteiger partial charge on any atom is 0.275 e. The average Bonchev–Trinajstić information content (AvgIpc) is 2.67. The van der Waals surface area contributed by atoms with Gasteiger partial charge in [0, 0.05) is 11.5 Å². The van der Waals surface area contributed by atoms with E-state index in [1.165, 1.54) is 6.42 Å². The summed E-state index contributed by atoms with van der Waals surface area (Å²) >= 11 is 0. The molecule has 0 bridgehead atoms. The van der Waals surface area contributed by atoms with Crippen LogP contribution in [0, 0.1) is 5.92 Å². The second kappa shape index (κ2) is 8.05. The molecule has 3 rings (SSSR count). The number of hydrogen-bond acceptors (Lipinski definition) is 4. The molecule has 1 aliphatic rings. The molecule has 0 spiro atoms. The van der Waals surface area contributed by atoms with Gasteiger partial charge >= 0.3 is 0 Å². The van der Waals surface area contributed by atoms with Gasteiger partial charge in [0.05, 0.1) is 6.04 Å². The van der Waals surface area contributed by atoms with Gasteiger partial charge in [-0.1, -0.05) is 56.5 Å². The Morgan fingerprint density at radius 2 is 1.92 bits per heavy atom. The van der Waals surface area contributed by atoms with Gasteiger partial charge in [0.25, 0.3) is 5.56 Å². The Balaban J connectivity index is 1.76. The summed E-state index contributed by atoms with van der Waals surface area (Å²) < 4.78 is 0. The van der Waals surface area contributed by atoms with Crippen LogP contribution in [0.1, 0.15) is 57.2 Å². The lowest BCUT2D eigenvalue weighted by Gasteiger charge is -2.23. The topological polar surface area (TPSA) is 87.7 Å². The lowest BCUT2D eigenvalue weighted by molar-refractivity contribution is -0.126. The van der Waals surface area contributed by atoms with E-state index in [1.807, 2.05) is 37.3 Å². The molecule has 0 radical (unpaired) electrons. The molecule has 132 valence electrons. The van der Waals surface area contributed by atoms with E-state index in [0.29, 0.717) is 12.2 Å². The van der Waals surface area contributed by atoms with Crippen LogP contribution >= 0.6 is 0 Å². The molecule has 0 aliphatic heterocycles. The molecule has 1 aromatic carbocycles. The van der Waals surface area contributed by atoms with Crippen molar-refractivity contribution >= 4 is 5.91 Å². The van der Waals surface area contributed by atoms with Crippen LogP contribution in [0.15, 0.2) is 35.1 Å². The van der Waals surface area contributed by atoms with Gasteiger partial charge in [-0.2, -0.15) is 0 Å². The van der Waals surface area contributed by atoms with E-state index in [0.717, 1.165) is 31.2 Å². The lowest BCUT2D eigenvalue weighted by Crippen LogP contribution is -2.37. The van der Waals surface area contributed by atoms with Crippen molar-refractivity contribution < 1.29 is 4.79 Å². The fourth-order valence-electron chi connectivity index (χ4n) is 3.32. The molecule has 1 unspecified atom stereocenters. The molecule has 6 nitrogen and oxygen atoms in total. The number of nitrogens with one attached hydrogen (secondary N) is 2. The van der Waals surface area contributed by atoms with Crippen molar-refractivity contribution in [3.8, 4) is 11.4 Å². The molecule has 1 aromatic heterocycles. The first kappa shape index (κ1) is 17.3. The molecule has 1 amide bonds. The third-order valence-corrected chi connectivity index (χ3v) is 4.80. The predicted molar refractivity (Wildman–Crippen MR) is 95.8 cm³/mol. The van der Waals surface area contributed by atoms with Crippen molar-refractivity contribution in [2.75, 3.05) is 0 Å². The minimum absolute atomic E-state index is 0.0277. The largest absolute Gasteiger partial charge is 0.347 e. The van der Waals surface area contributed by atoms with Crippen molar-refractivity contribution in [1.82, 2.24) is 20.5 Å². The zero-order valence-corrected chi connectivity index (χ0v) is 14.5. The van der Waals surface area contributed by atoms with Crippen molar-refractivity contribution in [2.24, 2.45) is 5.92 Å². The number of rotatable bonds is 5. The van der Waals surface area contributed by atoms with Crippen LogP contribution in [0.2, 0.25) is 0 Å². The van der Waals surface area contributed by atoms with Crippen molar-refractivity contribution in [2.45, 2.75) is 51.5 Å². The normalized spacial score (nSPS) is 16.4. The number of amides is 1. The summed E-state index contributed by atoms with van der Waals surface area (Å²) in [6, 6.07) is 8.97. The van der Waals surface area contributed by atoms with Crippen LogP contribution in [0.3, 0.4) is 0 Å². The van der Waals surface area contributed by atoms with Gasteiger partial charge < -0.3 is 10.3 Å². The Labute approximate surface area is 147 Å². The number of carbonyl (C=O) groups is 1. The Morgan fingerprint density at radius 1 is 1.20 bits per heavy atom. The van der Waals surface area contributed by atoms with E-state index in [9.17, 15) is 9.59 Å². The summed E-state index contributed by atoms with van der Waals surface area (Å²) in [5.41, 5.74) is 0.772. The Kier molecular flexibility index (Phi) is 5.58. The lowest BCUT2D eigenvalue weighted by atomic mass is 9.88. The van der Waals surface area contributed by atoms with E-state index in [-0.39, 0.29) is 23.1 Å². The SMILES string of the molecule is CCC(NC(=O)C1CCCCC1)c1nnc(-c2ccccc2)[nH]c1=O. The van der Waals surface area contributed by atoms with Crippen LogP contribution in [-0.2, 0) is 4.79 Å². The zero-order valence-electron chi connectivity index (χ0n) is 14.5. The molecular formula is C19H24N4O2. The zero-order chi connectivity index (χ0) is 17.6. The maximum atomic E-state index is 12.5. The average molecular weight is 340 g/mol. The number of H-pyrrole nitrogens is 1. The molecule has 1 aliphatic carbocycles. The Hall–Kier alpha value is -2.50. The number of aromatic nitrogens is 3. The van der Waals surface area contributed by atoms with Crippen LogP contribution in [0.4, 0.5) is 0 Å². The molecule has 6 heteroatoms. The smallest absolute Gasteiger partial charge is 0.275 e. The van der Waals surface area contributed by atoms with Crippen LogP contribution in [0.25, 0.3) is 11.4 Å². The highest BCUT2D eigenvalue weighted by Crippen LogP contribution is 2.24. The van der Waals surface area contributed by atoms with Crippen molar-refractivity contribution in [3.05, 3.63) is 46.4 Å². The van der Waals surface area contributed by atoms with E-state index in [4.69, 9.17) is 0 Å². The number of hydrogen-bond donors (Lipinski definition) is 2. The highest BCUT2D eigenvalue weighted by molar-refractivity contribution is 5.79. The van der Waals surface area contributed by atoms with E-state index in [1.54, 1.807) is 0 Å². The van der Waals surface area contributed by atoms with Crippen LogP contribution in [0.5, 0.6) is 0 Å². The Bertz CT molecular complexity index is 766.